The van der Waals surface area contributed by atoms with Crippen molar-refractivity contribution in [1.82, 2.24) is 15.1 Å². The highest BCUT2D eigenvalue weighted by Gasteiger charge is 2.84. The summed E-state index contributed by atoms with van der Waals surface area (Å²) in [5.74, 6) is 4.80. The van der Waals surface area contributed by atoms with E-state index in [1.54, 1.807) is 0 Å². The lowest BCUT2D eigenvalue weighted by Gasteiger charge is -2.60. The Balaban J connectivity index is 0.886. The molecule has 9 fully saturated rings. The summed E-state index contributed by atoms with van der Waals surface area (Å²) in [6, 6.07) is 0. The number of morpholine rings is 1. The second-order valence-corrected chi connectivity index (χ2v) is 19.8. The molecule has 1 N–H and O–H groups in total. The van der Waals surface area contributed by atoms with Crippen LogP contribution in [0, 0.1) is 63.1 Å². The zero-order chi connectivity index (χ0) is 33.9. The van der Waals surface area contributed by atoms with Gasteiger partial charge in [0.05, 0.1) is 24.9 Å². The highest BCUT2D eigenvalue weighted by Crippen LogP contribution is 2.89. The minimum atomic E-state index is -0.153. The molecule has 8 nitrogen and oxygen atoms in total. The Labute approximate surface area is 296 Å². The van der Waals surface area contributed by atoms with Gasteiger partial charge in [0, 0.05) is 45.8 Å². The summed E-state index contributed by atoms with van der Waals surface area (Å²) in [5, 5.41) is 3.43. The number of rotatable bonds is 7. The third kappa shape index (κ3) is 4.94. The Hall–Kier alpha value is -0.930. The molecule has 9 rings (SSSR count). The maximum Gasteiger partial charge on any atom is 0.410 e. The van der Waals surface area contributed by atoms with Gasteiger partial charge in [-0.05, 0) is 127 Å². The molecule has 4 aliphatic heterocycles. The van der Waals surface area contributed by atoms with E-state index < -0.39 is 0 Å². The van der Waals surface area contributed by atoms with E-state index in [-0.39, 0.29) is 42.0 Å². The Morgan fingerprint density at radius 1 is 0.939 bits per heavy atom. The van der Waals surface area contributed by atoms with E-state index in [0.717, 1.165) is 88.3 Å². The number of carbonyl (C=O) groups is 1. The fourth-order valence-electron chi connectivity index (χ4n) is 14.8. The van der Waals surface area contributed by atoms with Crippen molar-refractivity contribution in [2.45, 2.75) is 136 Å². The number of carbonyl (C=O) groups excluding carboxylic acids is 1. The molecule has 1 amide bonds. The van der Waals surface area contributed by atoms with Crippen molar-refractivity contribution in [3.8, 4) is 0 Å². The second kappa shape index (κ2) is 12.0. The molecule has 4 saturated heterocycles. The van der Waals surface area contributed by atoms with Crippen molar-refractivity contribution in [2.75, 3.05) is 52.4 Å². The number of hydrogen-bond acceptors (Lipinski definition) is 7. The van der Waals surface area contributed by atoms with Gasteiger partial charge in [0.2, 0.25) is 0 Å². The van der Waals surface area contributed by atoms with Crippen molar-refractivity contribution in [2.24, 2.45) is 63.1 Å². The Morgan fingerprint density at radius 2 is 1.73 bits per heavy atom. The summed E-state index contributed by atoms with van der Waals surface area (Å²) in [7, 11) is 0. The Bertz CT molecular complexity index is 1270. The van der Waals surface area contributed by atoms with Gasteiger partial charge in [-0.3, -0.25) is 4.90 Å². The van der Waals surface area contributed by atoms with Crippen LogP contribution in [0.25, 0.3) is 0 Å². The van der Waals surface area contributed by atoms with E-state index in [9.17, 15) is 4.79 Å². The van der Waals surface area contributed by atoms with Crippen molar-refractivity contribution >= 4 is 6.09 Å². The number of likely N-dealkylation sites (tertiary alicyclic amines) is 1. The average molecular weight is 682 g/mol. The third-order valence-corrected chi connectivity index (χ3v) is 17.4. The molecular formula is C41H67N3O5. The lowest BCUT2D eigenvalue weighted by atomic mass is 9.46. The van der Waals surface area contributed by atoms with Gasteiger partial charge in [0.15, 0.2) is 6.29 Å². The highest BCUT2D eigenvalue weighted by molar-refractivity contribution is 5.68. The fourth-order valence-corrected chi connectivity index (χ4v) is 14.8. The fraction of sp³-hybridized carbons (Fsp3) is 0.976. The van der Waals surface area contributed by atoms with Gasteiger partial charge in [-0.1, -0.05) is 41.5 Å². The predicted octanol–water partition coefficient (Wildman–Crippen LogP) is 6.57. The first kappa shape index (κ1) is 33.9. The first-order valence-corrected chi connectivity index (χ1v) is 20.8. The summed E-state index contributed by atoms with van der Waals surface area (Å²) in [6.45, 7) is 22.8. The molecule has 4 heterocycles. The molecule has 0 bridgehead atoms. The minimum Gasteiger partial charge on any atom is -0.443 e. The van der Waals surface area contributed by atoms with Gasteiger partial charge in [-0.15, -0.1) is 0 Å². The molecule has 5 aliphatic carbocycles. The maximum absolute atomic E-state index is 12.9. The van der Waals surface area contributed by atoms with Crippen LogP contribution in [0.5, 0.6) is 0 Å². The Kier molecular flexibility index (Phi) is 8.33. The standard InChI is InChI=1S/C41H67N3O5/c1-25(2)36(49-37(45)44-16-7-17-44)31-10-8-29-32(47-31)20-30-28-9-11-33-38(4,5)34(48-35-24-43(18-19-46-35)23-27-21-42-22-27)12-13-41(33)26(3)40(28,41)15-14-39(29,30)6/h25-36,42H,7-24H2,1-6H3/t26-,28?,29?,30?,31?,32?,33-,34-,35?,36+,39+,40-,41?/m0/s1. The molecule has 5 saturated carbocycles. The topological polar surface area (TPSA) is 72.5 Å². The van der Waals surface area contributed by atoms with Crippen molar-refractivity contribution < 1.29 is 23.7 Å². The first-order valence-electron chi connectivity index (χ1n) is 20.8. The van der Waals surface area contributed by atoms with Crippen LogP contribution in [-0.2, 0) is 18.9 Å². The number of hydrogen-bond donors (Lipinski definition) is 1. The van der Waals surface area contributed by atoms with E-state index >= 15 is 0 Å². The largest absolute Gasteiger partial charge is 0.443 e. The van der Waals surface area contributed by atoms with Gasteiger partial charge >= 0.3 is 6.09 Å². The number of nitrogens with zero attached hydrogens (tertiary/aromatic N) is 2. The first-order chi connectivity index (χ1) is 23.5. The molecule has 0 aromatic carbocycles. The molecule has 7 unspecified atom stereocenters. The smallest absolute Gasteiger partial charge is 0.410 e. The van der Waals surface area contributed by atoms with Crippen molar-refractivity contribution in [1.29, 1.82) is 0 Å². The van der Waals surface area contributed by atoms with Gasteiger partial charge in [0.1, 0.15) is 6.10 Å². The minimum absolute atomic E-state index is 0.0256. The lowest BCUT2D eigenvalue weighted by Crippen LogP contribution is -2.57. The highest BCUT2D eigenvalue weighted by atomic mass is 16.7. The number of amides is 1. The van der Waals surface area contributed by atoms with Gasteiger partial charge in [-0.25, -0.2) is 4.79 Å². The quantitative estimate of drug-likeness (QED) is 0.326. The third-order valence-electron chi connectivity index (χ3n) is 17.4. The number of nitrogens with one attached hydrogen (secondary N) is 1. The molecule has 8 heteroatoms. The number of fused-ring (bicyclic) bond motifs is 4. The molecule has 0 radical (unpaired) electrons. The van der Waals surface area contributed by atoms with Crippen LogP contribution in [0.2, 0.25) is 0 Å². The molecule has 2 spiro atoms. The summed E-state index contributed by atoms with van der Waals surface area (Å²) >= 11 is 0. The van der Waals surface area contributed by atoms with Gasteiger partial charge in [0.25, 0.3) is 0 Å². The number of ether oxygens (including phenoxy) is 4. The Morgan fingerprint density at radius 3 is 2.45 bits per heavy atom. The molecular weight excluding hydrogens is 614 g/mol. The molecule has 276 valence electrons. The van der Waals surface area contributed by atoms with Crippen molar-refractivity contribution in [3.05, 3.63) is 0 Å². The maximum atomic E-state index is 12.9. The van der Waals surface area contributed by atoms with E-state index in [1.807, 2.05) is 4.90 Å². The van der Waals surface area contributed by atoms with E-state index in [4.69, 9.17) is 18.9 Å². The molecule has 13 atom stereocenters. The van der Waals surface area contributed by atoms with E-state index in [0.29, 0.717) is 28.3 Å². The van der Waals surface area contributed by atoms with Gasteiger partial charge in [-0.2, -0.15) is 0 Å². The summed E-state index contributed by atoms with van der Waals surface area (Å²) in [4.78, 5) is 17.3. The lowest BCUT2D eigenvalue weighted by molar-refractivity contribution is -0.246. The average Bonchev–Trinajstić information content (AvgIpc) is 3.40. The van der Waals surface area contributed by atoms with Crippen LogP contribution >= 0.6 is 0 Å². The zero-order valence-corrected chi connectivity index (χ0v) is 31.6. The van der Waals surface area contributed by atoms with Crippen LogP contribution in [0.3, 0.4) is 0 Å². The normalized spacial score (nSPS) is 49.4. The SMILES string of the molecule is CC(C)[C@@H](OC(=O)N1CCC1)C1CCC2C(CC3C4CC[C@H]5C(C)(C)[C@@H](OC6CN(CC7CNC7)CCO6)CCC56[C@@H](C)[C@@]46CC[C@]23C)O1. The summed E-state index contributed by atoms with van der Waals surface area (Å²) < 4.78 is 26.6. The molecule has 0 aromatic heterocycles. The molecule has 9 aliphatic rings. The van der Waals surface area contributed by atoms with Crippen LogP contribution < -0.4 is 5.32 Å². The monoisotopic (exact) mass is 682 g/mol. The predicted molar refractivity (Wildman–Crippen MR) is 189 cm³/mol. The van der Waals surface area contributed by atoms with Crippen LogP contribution in [0.15, 0.2) is 0 Å². The van der Waals surface area contributed by atoms with Crippen LogP contribution in [-0.4, -0.2) is 99.0 Å². The molecule has 0 aromatic rings. The van der Waals surface area contributed by atoms with Crippen molar-refractivity contribution in [3.63, 3.8) is 0 Å². The van der Waals surface area contributed by atoms with Gasteiger partial charge < -0.3 is 29.2 Å². The van der Waals surface area contributed by atoms with Crippen LogP contribution in [0.1, 0.15) is 106 Å². The van der Waals surface area contributed by atoms with Crippen LogP contribution in [0.4, 0.5) is 4.79 Å². The van der Waals surface area contributed by atoms with E-state index in [1.165, 1.54) is 57.9 Å². The molecule has 49 heavy (non-hydrogen) atoms. The summed E-state index contributed by atoms with van der Waals surface area (Å²) in [5.41, 5.74) is 1.50. The van der Waals surface area contributed by atoms with E-state index in [2.05, 4.69) is 51.8 Å². The summed E-state index contributed by atoms with van der Waals surface area (Å²) in [6.07, 6.45) is 12.8. The zero-order valence-electron chi connectivity index (χ0n) is 31.6. The second-order valence-electron chi connectivity index (χ2n) is 19.8.